The molecule has 0 radical (unpaired) electrons. The molecule has 94 valence electrons. The monoisotopic (exact) mass is 235 g/mol. The molecule has 0 heterocycles. The lowest BCUT2D eigenvalue weighted by molar-refractivity contribution is -0.125. The number of amides is 1. The van der Waals surface area contributed by atoms with Gasteiger partial charge in [0.25, 0.3) is 5.91 Å². The molecule has 0 fully saturated rings. The van der Waals surface area contributed by atoms with Crippen LogP contribution >= 0.6 is 0 Å². The van der Waals surface area contributed by atoms with E-state index in [2.05, 4.69) is 6.92 Å². The molecule has 1 rings (SSSR count). The molecule has 0 aliphatic carbocycles. The normalized spacial score (nSPS) is 12.1. The van der Waals surface area contributed by atoms with Gasteiger partial charge in [0.05, 0.1) is 0 Å². The van der Waals surface area contributed by atoms with E-state index in [-0.39, 0.29) is 5.91 Å². The highest BCUT2D eigenvalue weighted by Crippen LogP contribution is 2.14. The Morgan fingerprint density at radius 1 is 1.24 bits per heavy atom. The highest BCUT2D eigenvalue weighted by molar-refractivity contribution is 5.79. The smallest absolute Gasteiger partial charge is 0.258 e. The molecule has 0 spiro atoms. The fourth-order valence-electron chi connectivity index (χ4n) is 1.68. The molecule has 0 aliphatic rings. The van der Waals surface area contributed by atoms with Crippen LogP contribution in [0.25, 0.3) is 0 Å². The zero-order valence-corrected chi connectivity index (χ0v) is 10.4. The second kappa shape index (κ2) is 7.71. The molecule has 3 nitrogen and oxygen atoms in total. The number of rotatable bonds is 8. The van der Waals surface area contributed by atoms with Crippen LogP contribution in [0.4, 0.5) is 0 Å². The number of nitrogens with two attached hydrogens (primary N) is 1. The Hall–Kier alpha value is -1.51. The summed E-state index contributed by atoms with van der Waals surface area (Å²) in [7, 11) is 0. The molecule has 17 heavy (non-hydrogen) atoms. The maximum atomic E-state index is 11.3. The lowest BCUT2D eigenvalue weighted by atomic mass is 10.1. The first-order chi connectivity index (χ1) is 8.24. The molecule has 0 saturated carbocycles. The van der Waals surface area contributed by atoms with Crippen molar-refractivity contribution in [2.75, 3.05) is 0 Å². The first kappa shape index (κ1) is 13.6. The minimum atomic E-state index is -0.505. The molecule has 1 amide bonds. The van der Waals surface area contributed by atoms with Crippen LogP contribution in [0.2, 0.25) is 0 Å². The van der Waals surface area contributed by atoms with Gasteiger partial charge in [-0.15, -0.1) is 0 Å². The van der Waals surface area contributed by atoms with E-state index < -0.39 is 6.10 Å². The van der Waals surface area contributed by atoms with Crippen LogP contribution in [0.3, 0.4) is 0 Å². The van der Waals surface area contributed by atoms with Gasteiger partial charge in [0.15, 0.2) is 6.10 Å². The van der Waals surface area contributed by atoms with E-state index >= 15 is 0 Å². The fraction of sp³-hybridized carbons (Fsp3) is 0.500. The molecular weight excluding hydrogens is 214 g/mol. The van der Waals surface area contributed by atoms with Crippen molar-refractivity contribution < 1.29 is 9.53 Å². The van der Waals surface area contributed by atoms with Gasteiger partial charge >= 0.3 is 0 Å². The summed E-state index contributed by atoms with van der Waals surface area (Å²) in [5, 5.41) is 0. The van der Waals surface area contributed by atoms with Crippen LogP contribution < -0.4 is 10.5 Å². The molecule has 0 aromatic heterocycles. The number of benzene rings is 1. The van der Waals surface area contributed by atoms with E-state index in [0.717, 1.165) is 12.8 Å². The standard InChI is InChI=1S/C14H21NO2/c1-2-3-4-8-11-13(14(15)16)17-12-9-6-5-7-10-12/h5-7,9-10,13H,2-4,8,11H2,1H3,(H2,15,16). The number of hydrogen-bond donors (Lipinski definition) is 1. The number of carbonyl (C=O) groups is 1. The van der Waals surface area contributed by atoms with E-state index in [1.807, 2.05) is 30.3 Å². The Kier molecular flexibility index (Phi) is 6.15. The third-order valence-electron chi connectivity index (χ3n) is 2.66. The van der Waals surface area contributed by atoms with E-state index in [9.17, 15) is 4.79 Å². The Morgan fingerprint density at radius 3 is 2.53 bits per heavy atom. The minimum Gasteiger partial charge on any atom is -0.481 e. The number of carbonyl (C=O) groups excluding carboxylic acids is 1. The van der Waals surface area contributed by atoms with Gasteiger partial charge in [0, 0.05) is 0 Å². The number of para-hydroxylation sites is 1. The van der Waals surface area contributed by atoms with Crippen molar-refractivity contribution in [3.8, 4) is 5.75 Å². The summed E-state index contributed by atoms with van der Waals surface area (Å²) in [6, 6.07) is 9.34. The van der Waals surface area contributed by atoms with Crippen LogP contribution in [0.5, 0.6) is 5.75 Å². The van der Waals surface area contributed by atoms with Gasteiger partial charge in [0.1, 0.15) is 5.75 Å². The number of primary amides is 1. The van der Waals surface area contributed by atoms with Gasteiger partial charge in [-0.3, -0.25) is 4.79 Å². The minimum absolute atomic E-state index is 0.384. The Labute approximate surface area is 103 Å². The third-order valence-corrected chi connectivity index (χ3v) is 2.66. The Bertz CT molecular complexity index is 324. The quantitative estimate of drug-likeness (QED) is 0.704. The highest BCUT2D eigenvalue weighted by Gasteiger charge is 2.16. The summed E-state index contributed by atoms with van der Waals surface area (Å²) in [4.78, 5) is 11.3. The second-order valence-corrected chi connectivity index (χ2v) is 4.17. The predicted octanol–water partition coefficient (Wildman–Crippen LogP) is 2.89. The first-order valence-corrected chi connectivity index (χ1v) is 6.25. The molecule has 1 aromatic rings. The summed E-state index contributed by atoms with van der Waals surface area (Å²) >= 11 is 0. The first-order valence-electron chi connectivity index (χ1n) is 6.25. The maximum absolute atomic E-state index is 11.3. The zero-order valence-electron chi connectivity index (χ0n) is 10.4. The van der Waals surface area contributed by atoms with Crippen LogP contribution in [0, 0.1) is 0 Å². The average molecular weight is 235 g/mol. The molecule has 3 heteroatoms. The Morgan fingerprint density at radius 2 is 1.94 bits per heavy atom. The molecule has 0 aliphatic heterocycles. The van der Waals surface area contributed by atoms with Crippen molar-refractivity contribution in [1.82, 2.24) is 0 Å². The van der Waals surface area contributed by atoms with Gasteiger partial charge in [-0.1, -0.05) is 44.4 Å². The molecule has 1 aromatic carbocycles. The number of ether oxygens (including phenoxy) is 1. The SMILES string of the molecule is CCCCCCC(Oc1ccccc1)C(N)=O. The van der Waals surface area contributed by atoms with Gasteiger partial charge in [-0.05, 0) is 25.0 Å². The highest BCUT2D eigenvalue weighted by atomic mass is 16.5. The lowest BCUT2D eigenvalue weighted by Gasteiger charge is -2.15. The molecule has 0 bridgehead atoms. The summed E-state index contributed by atoms with van der Waals surface area (Å²) in [5.74, 6) is 0.317. The van der Waals surface area contributed by atoms with Crippen LogP contribution in [0.15, 0.2) is 30.3 Å². The molecule has 0 saturated heterocycles. The van der Waals surface area contributed by atoms with Gasteiger partial charge in [-0.2, -0.15) is 0 Å². The second-order valence-electron chi connectivity index (χ2n) is 4.17. The summed E-state index contributed by atoms with van der Waals surface area (Å²) < 4.78 is 5.58. The molecular formula is C14H21NO2. The molecule has 1 atom stereocenters. The van der Waals surface area contributed by atoms with Gasteiger partial charge in [-0.25, -0.2) is 0 Å². The molecule has 2 N–H and O–H groups in total. The summed E-state index contributed by atoms with van der Waals surface area (Å²) in [5.41, 5.74) is 5.34. The maximum Gasteiger partial charge on any atom is 0.258 e. The number of hydrogen-bond acceptors (Lipinski definition) is 2. The predicted molar refractivity (Wildman–Crippen MR) is 68.8 cm³/mol. The van der Waals surface area contributed by atoms with Gasteiger partial charge in [0.2, 0.25) is 0 Å². The van der Waals surface area contributed by atoms with Crippen LogP contribution in [-0.4, -0.2) is 12.0 Å². The molecule has 1 unspecified atom stereocenters. The van der Waals surface area contributed by atoms with Gasteiger partial charge < -0.3 is 10.5 Å². The van der Waals surface area contributed by atoms with E-state index in [4.69, 9.17) is 10.5 Å². The van der Waals surface area contributed by atoms with Crippen molar-refractivity contribution in [2.45, 2.75) is 45.1 Å². The number of unbranched alkanes of at least 4 members (excludes halogenated alkanes) is 3. The van der Waals surface area contributed by atoms with Crippen molar-refractivity contribution in [3.05, 3.63) is 30.3 Å². The van der Waals surface area contributed by atoms with E-state index in [0.29, 0.717) is 12.2 Å². The Balaban J connectivity index is 2.41. The van der Waals surface area contributed by atoms with Crippen molar-refractivity contribution in [1.29, 1.82) is 0 Å². The lowest BCUT2D eigenvalue weighted by Crippen LogP contribution is -2.33. The van der Waals surface area contributed by atoms with Crippen LogP contribution in [-0.2, 0) is 4.79 Å². The van der Waals surface area contributed by atoms with Crippen molar-refractivity contribution in [3.63, 3.8) is 0 Å². The topological polar surface area (TPSA) is 52.3 Å². The van der Waals surface area contributed by atoms with E-state index in [1.54, 1.807) is 0 Å². The zero-order chi connectivity index (χ0) is 12.5. The van der Waals surface area contributed by atoms with Crippen molar-refractivity contribution in [2.24, 2.45) is 5.73 Å². The van der Waals surface area contributed by atoms with Crippen LogP contribution in [0.1, 0.15) is 39.0 Å². The summed E-state index contributed by atoms with van der Waals surface area (Å²) in [6.45, 7) is 2.16. The third kappa shape index (κ3) is 5.38. The van der Waals surface area contributed by atoms with E-state index in [1.165, 1.54) is 12.8 Å². The van der Waals surface area contributed by atoms with Crippen molar-refractivity contribution >= 4 is 5.91 Å². The largest absolute Gasteiger partial charge is 0.481 e. The fourth-order valence-corrected chi connectivity index (χ4v) is 1.68. The summed E-state index contributed by atoms with van der Waals surface area (Å²) in [6.07, 6.45) is 4.67. The average Bonchev–Trinajstić information content (AvgIpc) is 2.34.